The number of hydrogen-bond donors (Lipinski definition) is 1. The number of pyridine rings is 1. The van der Waals surface area contributed by atoms with Gasteiger partial charge in [-0.2, -0.15) is 0 Å². The van der Waals surface area contributed by atoms with Crippen LogP contribution in [0.3, 0.4) is 0 Å². The first-order chi connectivity index (χ1) is 8.88. The lowest BCUT2D eigenvalue weighted by atomic mass is 9.95. The number of carboxylic acids is 1. The monoisotopic (exact) mass is 266 g/mol. The van der Waals surface area contributed by atoms with Crippen molar-refractivity contribution in [1.82, 2.24) is 4.98 Å². The second-order valence-electron chi connectivity index (χ2n) is 4.65. The lowest BCUT2D eigenvalue weighted by Crippen LogP contribution is -2.18. The first-order valence-electron chi connectivity index (χ1n) is 6.20. The zero-order chi connectivity index (χ0) is 14.6. The average molecular weight is 266 g/mol. The lowest BCUT2D eigenvalue weighted by molar-refractivity contribution is -0.386. The van der Waals surface area contributed by atoms with Crippen LogP contribution >= 0.6 is 0 Å². The lowest BCUT2D eigenvalue weighted by Gasteiger charge is -2.13. The predicted octanol–water partition coefficient (Wildman–Crippen LogP) is 2.65. The van der Waals surface area contributed by atoms with E-state index in [9.17, 15) is 14.9 Å². The zero-order valence-electron chi connectivity index (χ0n) is 11.3. The van der Waals surface area contributed by atoms with Crippen molar-refractivity contribution >= 4 is 11.7 Å². The molecule has 0 aliphatic heterocycles. The molecule has 1 atom stereocenters. The van der Waals surface area contributed by atoms with E-state index in [4.69, 9.17) is 5.11 Å². The maximum absolute atomic E-state index is 11.1. The summed E-state index contributed by atoms with van der Waals surface area (Å²) in [7, 11) is 0. The molecule has 104 valence electrons. The molecule has 0 fully saturated rings. The third kappa shape index (κ3) is 3.49. The minimum Gasteiger partial charge on any atom is -0.481 e. The van der Waals surface area contributed by atoms with E-state index >= 15 is 0 Å². The summed E-state index contributed by atoms with van der Waals surface area (Å²) in [5.41, 5.74) is 1.49. The number of hydrogen-bond acceptors (Lipinski definition) is 4. The first kappa shape index (κ1) is 15.1. The minimum atomic E-state index is -0.883. The van der Waals surface area contributed by atoms with Crippen molar-refractivity contribution in [1.29, 1.82) is 0 Å². The van der Waals surface area contributed by atoms with Crippen LogP contribution in [-0.2, 0) is 11.2 Å². The van der Waals surface area contributed by atoms with E-state index in [-0.39, 0.29) is 12.1 Å². The van der Waals surface area contributed by atoms with Gasteiger partial charge < -0.3 is 5.11 Å². The largest absolute Gasteiger partial charge is 0.481 e. The molecule has 1 heterocycles. The maximum atomic E-state index is 11.1. The van der Waals surface area contributed by atoms with Crippen LogP contribution in [0.5, 0.6) is 0 Å². The van der Waals surface area contributed by atoms with Crippen molar-refractivity contribution in [3.05, 3.63) is 33.1 Å². The Labute approximate surface area is 111 Å². The van der Waals surface area contributed by atoms with Gasteiger partial charge in [0.2, 0.25) is 0 Å². The molecule has 0 bridgehead atoms. The summed E-state index contributed by atoms with van der Waals surface area (Å²) < 4.78 is 0. The Bertz CT molecular complexity index is 500. The molecule has 1 N–H and O–H groups in total. The Morgan fingerprint density at radius 2 is 2.16 bits per heavy atom. The Hall–Kier alpha value is -1.98. The molecular weight excluding hydrogens is 248 g/mol. The molecule has 0 spiro atoms. The zero-order valence-corrected chi connectivity index (χ0v) is 11.3. The van der Waals surface area contributed by atoms with Crippen LogP contribution in [0.15, 0.2) is 6.20 Å². The number of aromatic nitrogens is 1. The molecule has 1 aromatic heterocycles. The number of carbonyl (C=O) groups is 1. The summed E-state index contributed by atoms with van der Waals surface area (Å²) in [6.07, 6.45) is 2.96. The molecule has 0 aliphatic carbocycles. The smallest absolute Gasteiger partial charge is 0.306 e. The number of aryl methyl sites for hydroxylation is 1. The van der Waals surface area contributed by atoms with Gasteiger partial charge in [-0.05, 0) is 20.3 Å². The molecule has 1 rings (SSSR count). The van der Waals surface area contributed by atoms with Gasteiger partial charge in [-0.3, -0.25) is 19.9 Å². The number of nitro groups is 1. The fourth-order valence-electron chi connectivity index (χ4n) is 2.15. The van der Waals surface area contributed by atoms with E-state index < -0.39 is 16.8 Å². The van der Waals surface area contributed by atoms with Gasteiger partial charge in [-0.25, -0.2) is 0 Å². The van der Waals surface area contributed by atoms with Gasteiger partial charge in [0.1, 0.15) is 0 Å². The van der Waals surface area contributed by atoms with Crippen LogP contribution in [0.2, 0.25) is 0 Å². The third-order valence-corrected chi connectivity index (χ3v) is 3.18. The van der Waals surface area contributed by atoms with Crippen molar-refractivity contribution in [3.63, 3.8) is 0 Å². The highest BCUT2D eigenvalue weighted by Gasteiger charge is 2.23. The quantitative estimate of drug-likeness (QED) is 0.631. The SMILES string of the molecule is CCCC(Cc1ncc(C)c([N+](=O)[O-])c1C)C(=O)O. The van der Waals surface area contributed by atoms with E-state index in [2.05, 4.69) is 4.98 Å². The van der Waals surface area contributed by atoms with Crippen molar-refractivity contribution < 1.29 is 14.8 Å². The van der Waals surface area contributed by atoms with Crippen LogP contribution < -0.4 is 0 Å². The van der Waals surface area contributed by atoms with E-state index in [0.29, 0.717) is 23.2 Å². The first-order valence-corrected chi connectivity index (χ1v) is 6.20. The van der Waals surface area contributed by atoms with E-state index in [0.717, 1.165) is 6.42 Å². The van der Waals surface area contributed by atoms with Gasteiger partial charge in [0.25, 0.3) is 5.69 Å². The number of nitrogens with zero attached hydrogens (tertiary/aromatic N) is 2. The molecule has 6 nitrogen and oxygen atoms in total. The molecule has 1 unspecified atom stereocenters. The van der Waals surface area contributed by atoms with Gasteiger partial charge in [-0.1, -0.05) is 13.3 Å². The topological polar surface area (TPSA) is 93.3 Å². The minimum absolute atomic E-state index is 0.0330. The Kier molecular flexibility index (Phi) is 4.97. The number of carboxylic acid groups (broad SMARTS) is 1. The molecule has 6 heteroatoms. The van der Waals surface area contributed by atoms with Crippen molar-refractivity contribution in [2.45, 2.75) is 40.0 Å². The predicted molar refractivity (Wildman–Crippen MR) is 70.1 cm³/mol. The second kappa shape index (κ2) is 6.26. The summed E-state index contributed by atoms with van der Waals surface area (Å²) in [6.45, 7) is 5.16. The summed E-state index contributed by atoms with van der Waals surface area (Å²) in [5.74, 6) is -1.43. The van der Waals surface area contributed by atoms with E-state index in [1.165, 1.54) is 6.20 Å². The van der Waals surface area contributed by atoms with Crippen LogP contribution in [-0.4, -0.2) is 21.0 Å². The molecular formula is C13H18N2O4. The normalized spacial score (nSPS) is 12.2. The average Bonchev–Trinajstić information content (AvgIpc) is 2.31. The van der Waals surface area contributed by atoms with Crippen molar-refractivity contribution in [2.75, 3.05) is 0 Å². The Morgan fingerprint density at radius 1 is 1.53 bits per heavy atom. The molecule has 0 aliphatic rings. The summed E-state index contributed by atoms with van der Waals surface area (Å²) in [5, 5.41) is 20.1. The fraction of sp³-hybridized carbons (Fsp3) is 0.538. The van der Waals surface area contributed by atoms with Gasteiger partial charge in [0.05, 0.1) is 16.5 Å². The molecule has 1 aromatic rings. The number of rotatable bonds is 6. The van der Waals surface area contributed by atoms with Crippen LogP contribution in [0.1, 0.15) is 36.6 Å². The van der Waals surface area contributed by atoms with Gasteiger partial charge in [0.15, 0.2) is 0 Å². The molecule has 0 radical (unpaired) electrons. The van der Waals surface area contributed by atoms with Crippen LogP contribution in [0, 0.1) is 29.9 Å². The molecule has 19 heavy (non-hydrogen) atoms. The van der Waals surface area contributed by atoms with Crippen LogP contribution in [0.25, 0.3) is 0 Å². The number of aliphatic carboxylic acids is 1. The maximum Gasteiger partial charge on any atom is 0.306 e. The standard InChI is InChI=1S/C13H18N2O4/c1-4-5-10(13(16)17)6-11-9(3)12(15(18)19)8(2)7-14-11/h7,10H,4-6H2,1-3H3,(H,16,17). The third-order valence-electron chi connectivity index (χ3n) is 3.18. The fourth-order valence-corrected chi connectivity index (χ4v) is 2.15. The van der Waals surface area contributed by atoms with Gasteiger partial charge >= 0.3 is 5.97 Å². The Morgan fingerprint density at radius 3 is 2.63 bits per heavy atom. The van der Waals surface area contributed by atoms with E-state index in [1.54, 1.807) is 13.8 Å². The summed E-state index contributed by atoms with van der Waals surface area (Å²) in [4.78, 5) is 25.8. The van der Waals surface area contributed by atoms with E-state index in [1.807, 2.05) is 6.92 Å². The van der Waals surface area contributed by atoms with Crippen LogP contribution in [0.4, 0.5) is 5.69 Å². The van der Waals surface area contributed by atoms with Crippen molar-refractivity contribution in [2.24, 2.45) is 5.92 Å². The highest BCUT2D eigenvalue weighted by atomic mass is 16.6. The summed E-state index contributed by atoms with van der Waals surface area (Å²) in [6, 6.07) is 0. The van der Waals surface area contributed by atoms with Crippen molar-refractivity contribution in [3.8, 4) is 0 Å². The highest BCUT2D eigenvalue weighted by Crippen LogP contribution is 2.26. The second-order valence-corrected chi connectivity index (χ2v) is 4.65. The molecule has 0 saturated heterocycles. The molecule has 0 saturated carbocycles. The molecule has 0 aromatic carbocycles. The Balaban J connectivity index is 3.11. The summed E-state index contributed by atoms with van der Waals surface area (Å²) >= 11 is 0. The van der Waals surface area contributed by atoms with Gasteiger partial charge in [0, 0.05) is 23.7 Å². The highest BCUT2D eigenvalue weighted by molar-refractivity contribution is 5.70. The molecule has 0 amide bonds. The van der Waals surface area contributed by atoms with Gasteiger partial charge in [-0.15, -0.1) is 0 Å².